The van der Waals surface area contributed by atoms with Crippen molar-refractivity contribution >= 4 is 23.8 Å². The lowest BCUT2D eigenvalue weighted by atomic mass is 9.74. The number of primary amides is 1. The van der Waals surface area contributed by atoms with Gasteiger partial charge in [-0.1, -0.05) is 105 Å². The van der Waals surface area contributed by atoms with E-state index in [0.29, 0.717) is 24.0 Å². The van der Waals surface area contributed by atoms with Gasteiger partial charge in [0.05, 0.1) is 11.8 Å². The molecule has 6 N–H and O–H groups in total. The SMILES string of the molecule is CC(C)C[C@H](NC(=O)C(CCCNC(=O)OC(C)(C)C)C(O)(Cc1ccccc1)c1ccccc1)C(=O)NCC(C(N)=O)c1ccccc1. The van der Waals surface area contributed by atoms with Gasteiger partial charge in [0, 0.05) is 19.5 Å². The van der Waals surface area contributed by atoms with Crippen LogP contribution in [0.15, 0.2) is 91.0 Å². The predicted molar refractivity (Wildman–Crippen MR) is 190 cm³/mol. The first-order valence-corrected chi connectivity index (χ1v) is 16.9. The summed E-state index contributed by atoms with van der Waals surface area (Å²) in [5, 5.41) is 21.1. The van der Waals surface area contributed by atoms with Crippen LogP contribution >= 0.6 is 0 Å². The minimum absolute atomic E-state index is 0.0333. The summed E-state index contributed by atoms with van der Waals surface area (Å²) < 4.78 is 5.35. The van der Waals surface area contributed by atoms with Crippen molar-refractivity contribution < 1.29 is 29.0 Å². The van der Waals surface area contributed by atoms with E-state index >= 15 is 0 Å². The molecule has 264 valence electrons. The molecule has 3 aromatic carbocycles. The van der Waals surface area contributed by atoms with E-state index in [9.17, 15) is 24.3 Å². The Morgan fingerprint density at radius 2 is 1.39 bits per heavy atom. The number of rotatable bonds is 17. The van der Waals surface area contributed by atoms with E-state index < -0.39 is 52.9 Å². The second kappa shape index (κ2) is 18.2. The van der Waals surface area contributed by atoms with Crippen LogP contribution in [0, 0.1) is 11.8 Å². The summed E-state index contributed by atoms with van der Waals surface area (Å²) in [5.41, 5.74) is 5.41. The Bertz CT molecular complexity index is 1490. The molecule has 0 radical (unpaired) electrons. The topological polar surface area (TPSA) is 160 Å². The normalized spacial score (nSPS) is 14.5. The number of ether oxygens (including phenoxy) is 1. The summed E-state index contributed by atoms with van der Waals surface area (Å²) in [5.74, 6) is -3.27. The first-order valence-electron chi connectivity index (χ1n) is 16.9. The first-order chi connectivity index (χ1) is 23.2. The van der Waals surface area contributed by atoms with Crippen LogP contribution in [0.25, 0.3) is 0 Å². The van der Waals surface area contributed by atoms with Gasteiger partial charge in [0.2, 0.25) is 17.7 Å². The third-order valence-corrected chi connectivity index (χ3v) is 8.19. The number of nitrogens with one attached hydrogen (secondary N) is 3. The molecule has 10 nitrogen and oxygen atoms in total. The zero-order chi connectivity index (χ0) is 36.0. The molecule has 0 spiro atoms. The molecule has 0 aromatic heterocycles. The minimum atomic E-state index is -1.66. The third-order valence-electron chi connectivity index (χ3n) is 8.19. The maximum absolute atomic E-state index is 14.4. The van der Waals surface area contributed by atoms with Crippen LogP contribution < -0.4 is 21.7 Å². The number of nitrogens with two attached hydrogens (primary N) is 1. The van der Waals surface area contributed by atoms with Crippen molar-refractivity contribution in [2.75, 3.05) is 13.1 Å². The molecule has 3 unspecified atom stereocenters. The van der Waals surface area contributed by atoms with Gasteiger partial charge in [0.1, 0.15) is 17.2 Å². The molecule has 4 atom stereocenters. The van der Waals surface area contributed by atoms with Gasteiger partial charge >= 0.3 is 6.09 Å². The van der Waals surface area contributed by atoms with E-state index in [0.717, 1.165) is 5.56 Å². The molecular weight excluding hydrogens is 620 g/mol. The van der Waals surface area contributed by atoms with Gasteiger partial charge < -0.3 is 31.5 Å². The van der Waals surface area contributed by atoms with Crippen LogP contribution in [0.4, 0.5) is 4.79 Å². The summed E-state index contributed by atoms with van der Waals surface area (Å²) >= 11 is 0. The number of benzene rings is 3. The van der Waals surface area contributed by atoms with E-state index in [1.165, 1.54) is 0 Å². The summed E-state index contributed by atoms with van der Waals surface area (Å²) in [6, 6.07) is 26.4. The average Bonchev–Trinajstić information content (AvgIpc) is 3.04. The van der Waals surface area contributed by atoms with Crippen molar-refractivity contribution in [3.05, 3.63) is 108 Å². The number of aliphatic hydroxyl groups is 1. The van der Waals surface area contributed by atoms with Gasteiger partial charge in [-0.3, -0.25) is 14.4 Å². The fraction of sp³-hybridized carbons (Fsp3) is 0.436. The molecule has 0 saturated carbocycles. The van der Waals surface area contributed by atoms with Crippen molar-refractivity contribution in [2.24, 2.45) is 17.6 Å². The Morgan fingerprint density at radius 3 is 1.94 bits per heavy atom. The summed E-state index contributed by atoms with van der Waals surface area (Å²) in [4.78, 5) is 52.7. The van der Waals surface area contributed by atoms with Crippen LogP contribution in [0.2, 0.25) is 0 Å². The van der Waals surface area contributed by atoms with Crippen molar-refractivity contribution in [1.29, 1.82) is 0 Å². The predicted octanol–water partition coefficient (Wildman–Crippen LogP) is 4.95. The zero-order valence-corrected chi connectivity index (χ0v) is 29.3. The lowest BCUT2D eigenvalue weighted by molar-refractivity contribution is -0.140. The number of carbonyl (C=O) groups excluding carboxylic acids is 4. The van der Waals surface area contributed by atoms with Crippen molar-refractivity contribution in [3.63, 3.8) is 0 Å². The number of alkyl carbamates (subject to hydrolysis) is 1. The highest BCUT2D eigenvalue weighted by Gasteiger charge is 2.43. The zero-order valence-electron chi connectivity index (χ0n) is 29.3. The van der Waals surface area contributed by atoms with Gasteiger partial charge in [-0.05, 0) is 62.6 Å². The summed E-state index contributed by atoms with van der Waals surface area (Å²) in [7, 11) is 0. The largest absolute Gasteiger partial charge is 0.444 e. The van der Waals surface area contributed by atoms with Crippen LogP contribution in [-0.2, 0) is 31.1 Å². The molecule has 10 heteroatoms. The number of amides is 4. The maximum Gasteiger partial charge on any atom is 0.407 e. The molecule has 0 saturated heterocycles. The molecular formula is C39H52N4O6. The van der Waals surface area contributed by atoms with Crippen LogP contribution in [0.1, 0.15) is 76.5 Å². The Balaban J connectivity index is 1.90. The lowest BCUT2D eigenvalue weighted by Crippen LogP contribution is -2.54. The molecule has 0 aliphatic carbocycles. The highest BCUT2D eigenvalue weighted by molar-refractivity contribution is 5.90. The van der Waals surface area contributed by atoms with E-state index in [2.05, 4.69) is 16.0 Å². The molecule has 0 fully saturated rings. The highest BCUT2D eigenvalue weighted by Crippen LogP contribution is 2.37. The van der Waals surface area contributed by atoms with E-state index in [1.54, 1.807) is 69.3 Å². The first kappa shape index (κ1) is 38.7. The second-order valence-electron chi connectivity index (χ2n) is 13.9. The van der Waals surface area contributed by atoms with Gasteiger partial charge in [-0.15, -0.1) is 0 Å². The van der Waals surface area contributed by atoms with Gasteiger partial charge in [-0.2, -0.15) is 0 Å². The summed E-state index contributed by atoms with van der Waals surface area (Å²) in [6.45, 7) is 9.38. The van der Waals surface area contributed by atoms with Crippen LogP contribution in [0.5, 0.6) is 0 Å². The third kappa shape index (κ3) is 12.4. The Kier molecular flexibility index (Phi) is 14.4. The molecule has 3 rings (SSSR count). The fourth-order valence-corrected chi connectivity index (χ4v) is 5.83. The Morgan fingerprint density at radius 1 is 0.816 bits per heavy atom. The van der Waals surface area contributed by atoms with Crippen LogP contribution in [0.3, 0.4) is 0 Å². The molecule has 3 aromatic rings. The molecule has 4 amide bonds. The monoisotopic (exact) mass is 672 g/mol. The molecule has 0 bridgehead atoms. The standard InChI is InChI=1S/C39H52N4O6/c1-27(2)24-33(36(46)42-26-31(34(40)44)29-18-11-7-12-19-29)43-35(45)32(22-15-23-41-37(47)49-38(3,4)5)39(48,30-20-13-8-14-21-30)25-28-16-9-6-10-17-28/h6-14,16-21,27,31-33,48H,15,22-26H2,1-5H3,(H2,40,44)(H,41,47)(H,42,46)(H,43,45)/t31?,32?,33-,39?/m0/s1. The Hall–Kier alpha value is -4.70. The quantitative estimate of drug-likeness (QED) is 0.128. The highest BCUT2D eigenvalue weighted by atomic mass is 16.6. The minimum Gasteiger partial charge on any atom is -0.444 e. The van der Waals surface area contributed by atoms with Gasteiger partial charge in [0.15, 0.2) is 0 Å². The molecule has 49 heavy (non-hydrogen) atoms. The number of hydrogen-bond donors (Lipinski definition) is 5. The average molecular weight is 673 g/mol. The van der Waals surface area contributed by atoms with Crippen molar-refractivity contribution in [2.45, 2.75) is 83.5 Å². The lowest BCUT2D eigenvalue weighted by Gasteiger charge is -2.37. The van der Waals surface area contributed by atoms with Gasteiger partial charge in [0.25, 0.3) is 0 Å². The maximum atomic E-state index is 14.4. The van der Waals surface area contributed by atoms with Gasteiger partial charge in [-0.25, -0.2) is 4.79 Å². The van der Waals surface area contributed by atoms with E-state index in [4.69, 9.17) is 10.5 Å². The van der Waals surface area contributed by atoms with Crippen LogP contribution in [-0.4, -0.2) is 53.7 Å². The molecule has 0 aliphatic rings. The number of carbonyl (C=O) groups is 4. The number of hydrogen-bond acceptors (Lipinski definition) is 6. The van der Waals surface area contributed by atoms with E-state index in [-0.39, 0.29) is 31.8 Å². The van der Waals surface area contributed by atoms with Crippen molar-refractivity contribution in [1.82, 2.24) is 16.0 Å². The molecule has 0 heterocycles. The van der Waals surface area contributed by atoms with Crippen molar-refractivity contribution in [3.8, 4) is 0 Å². The second-order valence-corrected chi connectivity index (χ2v) is 13.9. The smallest absolute Gasteiger partial charge is 0.407 e. The van der Waals surface area contributed by atoms with E-state index in [1.807, 2.05) is 56.3 Å². The summed E-state index contributed by atoms with van der Waals surface area (Å²) in [6.07, 6.45) is 0.412. The Labute approximate surface area is 290 Å². The molecule has 0 aliphatic heterocycles. The fourth-order valence-electron chi connectivity index (χ4n) is 5.83.